The molecule has 0 aromatic heterocycles. The first-order valence-electron chi connectivity index (χ1n) is 8.57. The van der Waals surface area contributed by atoms with Crippen LogP contribution in [0.2, 0.25) is 0 Å². The lowest BCUT2D eigenvalue weighted by Crippen LogP contribution is -2.15. The molecule has 3 rings (SSSR count). The Balaban J connectivity index is 1.80. The van der Waals surface area contributed by atoms with Crippen molar-refractivity contribution in [3.05, 3.63) is 70.9 Å². The third kappa shape index (κ3) is 4.41. The van der Waals surface area contributed by atoms with Gasteiger partial charge in [0.05, 0.1) is 5.69 Å². The van der Waals surface area contributed by atoms with E-state index < -0.39 is 5.97 Å². The Morgan fingerprint density at radius 2 is 1.74 bits per heavy atom. The van der Waals surface area contributed by atoms with Crippen molar-refractivity contribution in [2.75, 3.05) is 26.2 Å². The van der Waals surface area contributed by atoms with Gasteiger partial charge in [0, 0.05) is 26.7 Å². The molecule has 2 aromatic rings. The van der Waals surface area contributed by atoms with E-state index in [0.29, 0.717) is 11.6 Å². The highest BCUT2D eigenvalue weighted by Crippen LogP contribution is 2.22. The highest BCUT2D eigenvalue weighted by Gasteiger charge is 2.24. The zero-order chi connectivity index (χ0) is 19.4. The quantitative estimate of drug-likeness (QED) is 0.269. The number of benzene rings is 2. The first-order valence-corrected chi connectivity index (χ1v) is 8.57. The average Bonchev–Trinajstić information content (AvgIpc) is 3.01. The minimum Gasteiger partial charge on any atom is -0.402 e. The van der Waals surface area contributed by atoms with Crippen LogP contribution in [-0.2, 0) is 9.53 Å². The molecular formula is C21H22N4O2. The fourth-order valence-corrected chi connectivity index (χ4v) is 2.53. The number of nitrogens with zero attached hydrogens (tertiary/aromatic N) is 4. The highest BCUT2D eigenvalue weighted by molar-refractivity contribution is 6.13. The molecule has 6 nitrogen and oxygen atoms in total. The van der Waals surface area contributed by atoms with Gasteiger partial charge in [0.15, 0.2) is 5.70 Å². The van der Waals surface area contributed by atoms with E-state index in [9.17, 15) is 4.79 Å². The van der Waals surface area contributed by atoms with E-state index in [1.807, 2.05) is 81.5 Å². The van der Waals surface area contributed by atoms with Gasteiger partial charge in [-0.25, -0.2) is 9.79 Å². The van der Waals surface area contributed by atoms with Crippen LogP contribution < -0.4 is 5.01 Å². The second kappa shape index (κ2) is 7.86. The van der Waals surface area contributed by atoms with Crippen LogP contribution in [0.4, 0.5) is 5.69 Å². The van der Waals surface area contributed by atoms with E-state index in [1.54, 1.807) is 17.4 Å². The molecule has 0 amide bonds. The maximum Gasteiger partial charge on any atom is 0.363 e. The minimum atomic E-state index is -0.440. The van der Waals surface area contributed by atoms with E-state index in [4.69, 9.17) is 4.74 Å². The molecule has 138 valence electrons. The molecule has 2 aromatic carbocycles. The minimum absolute atomic E-state index is 0.292. The number of esters is 1. The molecule has 1 aliphatic heterocycles. The maximum absolute atomic E-state index is 12.2. The van der Waals surface area contributed by atoms with E-state index >= 15 is 0 Å². The first kappa shape index (κ1) is 18.4. The van der Waals surface area contributed by atoms with Crippen LogP contribution in [0.25, 0.3) is 6.08 Å². The average molecular weight is 362 g/mol. The van der Waals surface area contributed by atoms with Gasteiger partial charge in [-0.1, -0.05) is 30.3 Å². The molecule has 0 aliphatic carbocycles. The summed E-state index contributed by atoms with van der Waals surface area (Å²) in [5.74, 6) is -0.0937. The predicted molar refractivity (Wildman–Crippen MR) is 109 cm³/mol. The molecule has 0 bridgehead atoms. The van der Waals surface area contributed by atoms with Gasteiger partial charge in [-0.05, 0) is 42.3 Å². The van der Waals surface area contributed by atoms with Crippen molar-refractivity contribution in [3.8, 4) is 0 Å². The van der Waals surface area contributed by atoms with Gasteiger partial charge in [-0.15, -0.1) is 0 Å². The van der Waals surface area contributed by atoms with Crippen LogP contribution in [0.5, 0.6) is 0 Å². The zero-order valence-corrected chi connectivity index (χ0v) is 15.9. The number of rotatable bonds is 5. The summed E-state index contributed by atoms with van der Waals surface area (Å²) in [6, 6.07) is 15.4. The Hall–Kier alpha value is -3.41. The number of carbonyl (C=O) groups excluding carboxylic acids is 1. The van der Waals surface area contributed by atoms with Gasteiger partial charge in [-0.2, -0.15) is 5.10 Å². The van der Waals surface area contributed by atoms with E-state index in [2.05, 4.69) is 10.1 Å². The lowest BCUT2D eigenvalue weighted by Gasteiger charge is -2.14. The molecule has 0 unspecified atom stereocenters. The summed E-state index contributed by atoms with van der Waals surface area (Å²) in [4.78, 5) is 18.4. The monoisotopic (exact) mass is 362 g/mol. The second-order valence-electron chi connectivity index (χ2n) is 6.46. The third-order valence-corrected chi connectivity index (χ3v) is 4.02. The van der Waals surface area contributed by atoms with Gasteiger partial charge in [0.1, 0.15) is 6.34 Å². The molecule has 0 N–H and O–H groups in total. The number of aryl methyl sites for hydroxylation is 1. The Morgan fingerprint density at radius 3 is 2.41 bits per heavy atom. The third-order valence-electron chi connectivity index (χ3n) is 4.02. The molecule has 1 heterocycles. The van der Waals surface area contributed by atoms with Crippen LogP contribution in [0.15, 0.2) is 64.3 Å². The molecule has 0 fully saturated rings. The van der Waals surface area contributed by atoms with Crippen LogP contribution in [0.3, 0.4) is 0 Å². The summed E-state index contributed by atoms with van der Waals surface area (Å²) in [5.41, 5.74) is 3.93. The lowest BCUT2D eigenvalue weighted by molar-refractivity contribution is -0.129. The number of aliphatic imine (C=N–C) groups is 1. The molecule has 6 heteroatoms. The fraction of sp³-hybridized carbons (Fsp3) is 0.190. The molecule has 0 spiro atoms. The molecule has 0 saturated heterocycles. The van der Waals surface area contributed by atoms with Gasteiger partial charge in [0.2, 0.25) is 5.90 Å². The number of hydrogen-bond donors (Lipinski definition) is 0. The van der Waals surface area contributed by atoms with Crippen molar-refractivity contribution in [3.63, 3.8) is 0 Å². The molecule has 1 aliphatic rings. The number of carbonyl (C=O) groups is 1. The van der Waals surface area contributed by atoms with Crippen LogP contribution >= 0.6 is 0 Å². The summed E-state index contributed by atoms with van der Waals surface area (Å²) < 4.78 is 5.34. The number of hydrazone groups is 1. The van der Waals surface area contributed by atoms with E-state index in [1.165, 1.54) is 0 Å². The van der Waals surface area contributed by atoms with Crippen LogP contribution in [0, 0.1) is 6.92 Å². The van der Waals surface area contributed by atoms with Crippen molar-refractivity contribution in [2.24, 2.45) is 10.1 Å². The fourth-order valence-electron chi connectivity index (χ4n) is 2.53. The van der Waals surface area contributed by atoms with Gasteiger partial charge >= 0.3 is 5.97 Å². The van der Waals surface area contributed by atoms with Crippen LogP contribution in [-0.4, -0.2) is 44.2 Å². The Labute approximate surface area is 159 Å². The number of cyclic esters (lactones) is 1. The molecule has 0 atom stereocenters. The summed E-state index contributed by atoms with van der Waals surface area (Å²) in [6.07, 6.45) is 3.45. The van der Waals surface area contributed by atoms with Crippen molar-refractivity contribution < 1.29 is 9.53 Å². The molecule has 27 heavy (non-hydrogen) atoms. The first-order chi connectivity index (χ1) is 12.9. The molecular weight excluding hydrogens is 340 g/mol. The number of hydrogen-bond acceptors (Lipinski definition) is 5. The Bertz CT molecular complexity index is 927. The normalized spacial score (nSPS) is 15.2. The molecule has 0 radical (unpaired) electrons. The summed E-state index contributed by atoms with van der Waals surface area (Å²) in [7, 11) is 5.71. The smallest absolute Gasteiger partial charge is 0.363 e. The standard InChI is InChI=1S/C21H22N4O2/c1-15-7-5-6-8-18(15)20-23-19(21(26)27-20)13-16-9-11-17(12-10-16)25(4)22-14-24(2)3/h5-14H,1-4H3/b19-13+,22-14-. The summed E-state index contributed by atoms with van der Waals surface area (Å²) >= 11 is 0. The zero-order valence-electron chi connectivity index (χ0n) is 15.9. The van der Waals surface area contributed by atoms with Crippen molar-refractivity contribution in [2.45, 2.75) is 6.92 Å². The van der Waals surface area contributed by atoms with Gasteiger partial charge < -0.3 is 9.64 Å². The Morgan fingerprint density at radius 1 is 1.04 bits per heavy atom. The van der Waals surface area contributed by atoms with Gasteiger partial charge in [0.25, 0.3) is 0 Å². The van der Waals surface area contributed by atoms with Crippen LogP contribution in [0.1, 0.15) is 16.7 Å². The summed E-state index contributed by atoms with van der Waals surface area (Å²) in [6.45, 7) is 1.96. The van der Waals surface area contributed by atoms with Crippen molar-refractivity contribution in [1.29, 1.82) is 0 Å². The Kier molecular flexibility index (Phi) is 5.35. The topological polar surface area (TPSA) is 57.5 Å². The highest BCUT2D eigenvalue weighted by atomic mass is 16.6. The van der Waals surface area contributed by atoms with Crippen molar-refractivity contribution in [1.82, 2.24) is 4.90 Å². The number of ether oxygens (including phenoxy) is 1. The molecule has 0 saturated carbocycles. The second-order valence-corrected chi connectivity index (χ2v) is 6.46. The van der Waals surface area contributed by atoms with E-state index in [-0.39, 0.29) is 0 Å². The maximum atomic E-state index is 12.2. The number of anilines is 1. The van der Waals surface area contributed by atoms with Crippen molar-refractivity contribution >= 4 is 30.0 Å². The predicted octanol–water partition coefficient (Wildman–Crippen LogP) is 3.28. The SMILES string of the molecule is Cc1ccccc1C1=N/C(=C/c2ccc(N(C)/N=C\N(C)C)cc2)C(=O)O1. The largest absolute Gasteiger partial charge is 0.402 e. The summed E-state index contributed by atoms with van der Waals surface area (Å²) in [5, 5.41) is 6.09. The van der Waals surface area contributed by atoms with E-state index in [0.717, 1.165) is 22.4 Å². The lowest BCUT2D eigenvalue weighted by atomic mass is 10.1. The van der Waals surface area contributed by atoms with Gasteiger partial charge in [-0.3, -0.25) is 5.01 Å².